The summed E-state index contributed by atoms with van der Waals surface area (Å²) in [5, 5.41) is 4.50. The number of nitrogens with one attached hydrogen (secondary N) is 1. The van der Waals surface area contributed by atoms with Crippen molar-refractivity contribution in [3.05, 3.63) is 10.6 Å². The normalized spacial score (nSPS) is 29.8. The molecule has 5 nitrogen and oxygen atoms in total. The number of aryl methyl sites for hydroxylation is 1. The lowest BCUT2D eigenvalue weighted by molar-refractivity contribution is -0.00461. The molecule has 112 valence electrons. The Balaban J connectivity index is 1.80. The first-order chi connectivity index (χ1) is 9.76. The van der Waals surface area contributed by atoms with Crippen molar-refractivity contribution >= 4 is 16.5 Å². The van der Waals surface area contributed by atoms with E-state index in [0.717, 1.165) is 18.2 Å². The molecule has 1 aromatic rings. The van der Waals surface area contributed by atoms with Crippen LogP contribution in [0.4, 0.5) is 5.13 Å². The van der Waals surface area contributed by atoms with Gasteiger partial charge in [0.05, 0.1) is 11.7 Å². The van der Waals surface area contributed by atoms with E-state index in [1.807, 2.05) is 18.4 Å². The van der Waals surface area contributed by atoms with Crippen LogP contribution in [-0.2, 0) is 15.9 Å². The highest BCUT2D eigenvalue weighted by Crippen LogP contribution is 2.37. The standard InChI is InChI=1S/C14H23N3O2S/c1-15-9-5-4-6-12-13(9)16-14(20-12)17-7-10(18-2)11(8-17)19-3/h9-11,15H,4-8H2,1-3H3. The molecule has 3 unspecified atom stereocenters. The molecule has 0 amide bonds. The first-order valence-electron chi connectivity index (χ1n) is 7.24. The zero-order valence-corrected chi connectivity index (χ0v) is 13.2. The number of methoxy groups -OCH3 is 2. The number of nitrogens with zero attached hydrogens (tertiary/aromatic N) is 2. The quantitative estimate of drug-likeness (QED) is 0.914. The monoisotopic (exact) mass is 297 g/mol. The van der Waals surface area contributed by atoms with Crippen molar-refractivity contribution in [3.8, 4) is 0 Å². The fraction of sp³-hybridized carbons (Fsp3) is 0.786. The third-order valence-electron chi connectivity index (χ3n) is 4.38. The van der Waals surface area contributed by atoms with Crippen molar-refractivity contribution in [2.45, 2.75) is 37.5 Å². The molecule has 0 saturated carbocycles. The van der Waals surface area contributed by atoms with Gasteiger partial charge in [-0.15, -0.1) is 11.3 Å². The van der Waals surface area contributed by atoms with E-state index in [2.05, 4.69) is 10.2 Å². The second-order valence-corrected chi connectivity index (χ2v) is 6.55. The van der Waals surface area contributed by atoms with Gasteiger partial charge in [-0.25, -0.2) is 4.98 Å². The summed E-state index contributed by atoms with van der Waals surface area (Å²) >= 11 is 1.84. The van der Waals surface area contributed by atoms with E-state index in [4.69, 9.17) is 14.5 Å². The van der Waals surface area contributed by atoms with Crippen molar-refractivity contribution in [1.29, 1.82) is 0 Å². The number of rotatable bonds is 4. The molecule has 1 N–H and O–H groups in total. The summed E-state index contributed by atoms with van der Waals surface area (Å²) in [6, 6.07) is 0.419. The number of ether oxygens (including phenoxy) is 2. The molecule has 0 bridgehead atoms. The Kier molecular flexibility index (Phi) is 4.26. The Hall–Kier alpha value is -0.690. The maximum atomic E-state index is 5.51. The summed E-state index contributed by atoms with van der Waals surface area (Å²) in [7, 11) is 5.53. The van der Waals surface area contributed by atoms with Crippen LogP contribution < -0.4 is 10.2 Å². The van der Waals surface area contributed by atoms with E-state index in [9.17, 15) is 0 Å². The molecule has 2 heterocycles. The lowest BCUT2D eigenvalue weighted by atomic mass is 9.98. The molecular weight excluding hydrogens is 274 g/mol. The highest BCUT2D eigenvalue weighted by molar-refractivity contribution is 7.15. The Morgan fingerprint density at radius 3 is 2.55 bits per heavy atom. The van der Waals surface area contributed by atoms with Crippen LogP contribution in [0.2, 0.25) is 0 Å². The molecule has 1 aliphatic heterocycles. The Morgan fingerprint density at radius 1 is 1.25 bits per heavy atom. The number of hydrogen-bond donors (Lipinski definition) is 1. The van der Waals surface area contributed by atoms with E-state index in [-0.39, 0.29) is 12.2 Å². The van der Waals surface area contributed by atoms with Crippen molar-refractivity contribution in [2.75, 3.05) is 39.3 Å². The Morgan fingerprint density at radius 2 is 1.95 bits per heavy atom. The fourth-order valence-electron chi connectivity index (χ4n) is 3.17. The highest BCUT2D eigenvalue weighted by atomic mass is 32.1. The van der Waals surface area contributed by atoms with Crippen LogP contribution in [-0.4, -0.2) is 51.5 Å². The van der Waals surface area contributed by atoms with E-state index in [1.54, 1.807) is 14.2 Å². The highest BCUT2D eigenvalue weighted by Gasteiger charge is 2.35. The van der Waals surface area contributed by atoms with Crippen molar-refractivity contribution in [3.63, 3.8) is 0 Å². The third-order valence-corrected chi connectivity index (χ3v) is 5.57. The summed E-state index contributed by atoms with van der Waals surface area (Å²) in [6.45, 7) is 1.73. The van der Waals surface area contributed by atoms with Crippen molar-refractivity contribution in [1.82, 2.24) is 10.3 Å². The van der Waals surface area contributed by atoms with Crippen molar-refractivity contribution < 1.29 is 9.47 Å². The van der Waals surface area contributed by atoms with Gasteiger partial charge in [-0.3, -0.25) is 0 Å². The fourth-order valence-corrected chi connectivity index (χ4v) is 4.36. The maximum absolute atomic E-state index is 5.51. The zero-order valence-electron chi connectivity index (χ0n) is 12.4. The molecule has 3 rings (SSSR count). The topological polar surface area (TPSA) is 46.6 Å². The molecule has 0 spiro atoms. The molecule has 6 heteroatoms. The SMILES string of the molecule is CNC1CCCc2sc(N3CC(OC)C(OC)C3)nc21. The van der Waals surface area contributed by atoms with Gasteiger partial charge in [0, 0.05) is 32.2 Å². The number of thiazole rings is 1. The van der Waals surface area contributed by atoms with Crippen LogP contribution in [0.3, 0.4) is 0 Å². The third kappa shape index (κ3) is 2.45. The maximum Gasteiger partial charge on any atom is 0.186 e. The van der Waals surface area contributed by atoms with Crippen LogP contribution in [0, 0.1) is 0 Å². The van der Waals surface area contributed by atoms with Crippen LogP contribution in [0.25, 0.3) is 0 Å². The van der Waals surface area contributed by atoms with Crippen LogP contribution in [0.1, 0.15) is 29.5 Å². The predicted octanol–water partition coefficient (Wildman–Crippen LogP) is 1.59. The van der Waals surface area contributed by atoms with Gasteiger partial charge in [0.25, 0.3) is 0 Å². The molecule has 1 saturated heterocycles. The van der Waals surface area contributed by atoms with E-state index < -0.39 is 0 Å². The molecule has 20 heavy (non-hydrogen) atoms. The number of fused-ring (bicyclic) bond motifs is 1. The lowest BCUT2D eigenvalue weighted by Gasteiger charge is -2.19. The minimum absolute atomic E-state index is 0.140. The van der Waals surface area contributed by atoms with Gasteiger partial charge >= 0.3 is 0 Å². The summed E-state index contributed by atoms with van der Waals surface area (Å²) in [4.78, 5) is 8.64. The van der Waals surface area contributed by atoms with Gasteiger partial charge < -0.3 is 19.7 Å². The molecule has 1 aliphatic carbocycles. The van der Waals surface area contributed by atoms with Gasteiger partial charge in [0.1, 0.15) is 12.2 Å². The van der Waals surface area contributed by atoms with E-state index in [1.165, 1.54) is 29.8 Å². The molecule has 0 aromatic carbocycles. The van der Waals surface area contributed by atoms with Crippen LogP contribution in [0.5, 0.6) is 0 Å². The van der Waals surface area contributed by atoms with Crippen LogP contribution in [0.15, 0.2) is 0 Å². The second-order valence-electron chi connectivity index (χ2n) is 5.49. The van der Waals surface area contributed by atoms with E-state index in [0.29, 0.717) is 6.04 Å². The van der Waals surface area contributed by atoms with Crippen molar-refractivity contribution in [2.24, 2.45) is 0 Å². The lowest BCUT2D eigenvalue weighted by Crippen LogP contribution is -2.27. The molecule has 2 aliphatic rings. The number of aromatic nitrogens is 1. The molecule has 3 atom stereocenters. The second kappa shape index (κ2) is 5.97. The molecule has 0 radical (unpaired) electrons. The van der Waals surface area contributed by atoms with Gasteiger partial charge in [0.15, 0.2) is 5.13 Å². The van der Waals surface area contributed by atoms with Crippen LogP contribution >= 0.6 is 11.3 Å². The molecular formula is C14H23N3O2S. The first kappa shape index (κ1) is 14.3. The van der Waals surface area contributed by atoms with Gasteiger partial charge in [-0.1, -0.05) is 0 Å². The number of hydrogen-bond acceptors (Lipinski definition) is 6. The predicted molar refractivity (Wildman–Crippen MR) is 80.7 cm³/mol. The minimum atomic E-state index is 0.140. The average Bonchev–Trinajstić information content (AvgIpc) is 3.09. The molecule has 1 fully saturated rings. The zero-order chi connectivity index (χ0) is 14.1. The summed E-state index contributed by atoms with van der Waals surface area (Å²) in [5.74, 6) is 0. The Labute approximate surface area is 124 Å². The largest absolute Gasteiger partial charge is 0.377 e. The minimum Gasteiger partial charge on any atom is -0.377 e. The van der Waals surface area contributed by atoms with Gasteiger partial charge in [0.2, 0.25) is 0 Å². The Bertz CT molecular complexity index is 453. The van der Waals surface area contributed by atoms with Gasteiger partial charge in [-0.2, -0.15) is 0 Å². The average molecular weight is 297 g/mol. The van der Waals surface area contributed by atoms with E-state index >= 15 is 0 Å². The summed E-state index contributed by atoms with van der Waals surface area (Å²) in [5.41, 5.74) is 1.26. The smallest absolute Gasteiger partial charge is 0.186 e. The summed E-state index contributed by atoms with van der Waals surface area (Å²) in [6.07, 6.45) is 3.89. The summed E-state index contributed by atoms with van der Waals surface area (Å²) < 4.78 is 11.0. The first-order valence-corrected chi connectivity index (χ1v) is 8.05. The van der Waals surface area contributed by atoms with Gasteiger partial charge in [-0.05, 0) is 26.3 Å². The number of anilines is 1. The molecule has 1 aromatic heterocycles.